The molecule has 1 aliphatic heterocycles. The van der Waals surface area contributed by atoms with E-state index in [2.05, 4.69) is 59.0 Å². The van der Waals surface area contributed by atoms with Crippen LogP contribution in [0.4, 0.5) is 5.82 Å². The summed E-state index contributed by atoms with van der Waals surface area (Å²) >= 11 is 1.70. The van der Waals surface area contributed by atoms with Crippen molar-refractivity contribution < 1.29 is 4.79 Å². The molecule has 0 aliphatic carbocycles. The van der Waals surface area contributed by atoms with Crippen molar-refractivity contribution in [2.45, 2.75) is 26.7 Å². The number of anilines is 1. The van der Waals surface area contributed by atoms with E-state index in [1.54, 1.807) is 17.7 Å². The average molecular weight is 395 g/mol. The molecule has 5 nitrogen and oxygen atoms in total. The zero-order valence-electron chi connectivity index (χ0n) is 16.5. The number of carbonyl (C=O) groups is 1. The molecule has 4 rings (SSSR count). The van der Waals surface area contributed by atoms with Gasteiger partial charge in [-0.2, -0.15) is 0 Å². The molecule has 0 atom stereocenters. The van der Waals surface area contributed by atoms with Gasteiger partial charge in [-0.25, -0.2) is 9.97 Å². The fourth-order valence-corrected chi connectivity index (χ4v) is 4.58. The van der Waals surface area contributed by atoms with Gasteiger partial charge < -0.3 is 9.80 Å². The van der Waals surface area contributed by atoms with Crippen LogP contribution >= 0.6 is 11.3 Å². The largest absolute Gasteiger partial charge is 0.352 e. The van der Waals surface area contributed by atoms with Crippen molar-refractivity contribution in [3.63, 3.8) is 0 Å². The van der Waals surface area contributed by atoms with Gasteiger partial charge in [0.05, 0.1) is 5.39 Å². The summed E-state index contributed by atoms with van der Waals surface area (Å²) in [6.45, 7) is 7.48. The number of amides is 1. The van der Waals surface area contributed by atoms with E-state index in [1.807, 2.05) is 11.0 Å². The molecule has 1 saturated heterocycles. The van der Waals surface area contributed by atoms with Crippen molar-refractivity contribution in [1.82, 2.24) is 14.9 Å². The predicted molar refractivity (Wildman–Crippen MR) is 116 cm³/mol. The molecule has 3 aromatic rings. The molecule has 28 heavy (non-hydrogen) atoms. The minimum Gasteiger partial charge on any atom is -0.352 e. The third-order valence-corrected chi connectivity index (χ3v) is 6.33. The number of nitrogens with zero attached hydrogens (tertiary/aromatic N) is 4. The van der Waals surface area contributed by atoms with Gasteiger partial charge in [-0.05, 0) is 24.0 Å². The van der Waals surface area contributed by atoms with E-state index < -0.39 is 0 Å². The van der Waals surface area contributed by atoms with E-state index in [9.17, 15) is 4.79 Å². The summed E-state index contributed by atoms with van der Waals surface area (Å²) in [7, 11) is 0. The molecule has 6 heteroatoms. The standard InChI is InChI=1S/C22H26N4OS/c1-16(2)8-9-20(27)25-10-12-26(13-11-25)21-18-14-19(17-6-4-3-5-7-17)28-22(18)24-15-23-21/h3-7,14-16H,8-13H2,1-2H3. The number of benzene rings is 1. The first kappa shape index (κ1) is 18.9. The first-order chi connectivity index (χ1) is 13.6. The van der Waals surface area contributed by atoms with Crippen molar-refractivity contribution in [1.29, 1.82) is 0 Å². The summed E-state index contributed by atoms with van der Waals surface area (Å²) in [6, 6.07) is 12.6. The smallest absolute Gasteiger partial charge is 0.222 e. The van der Waals surface area contributed by atoms with Gasteiger partial charge in [0.15, 0.2) is 0 Å². The summed E-state index contributed by atoms with van der Waals surface area (Å²) < 4.78 is 0. The fraction of sp³-hybridized carbons (Fsp3) is 0.409. The second kappa shape index (κ2) is 8.27. The quantitative estimate of drug-likeness (QED) is 0.642. The second-order valence-electron chi connectivity index (χ2n) is 7.69. The van der Waals surface area contributed by atoms with E-state index in [-0.39, 0.29) is 5.91 Å². The van der Waals surface area contributed by atoms with Crippen molar-refractivity contribution in [3.05, 3.63) is 42.7 Å². The Morgan fingerprint density at radius 2 is 1.86 bits per heavy atom. The number of piperazine rings is 1. The lowest BCUT2D eigenvalue weighted by Crippen LogP contribution is -2.49. The van der Waals surface area contributed by atoms with Gasteiger partial charge in [0.2, 0.25) is 5.91 Å². The summed E-state index contributed by atoms with van der Waals surface area (Å²) in [4.78, 5) is 28.0. The number of aromatic nitrogens is 2. The van der Waals surface area contributed by atoms with Crippen LogP contribution in [-0.2, 0) is 4.79 Å². The summed E-state index contributed by atoms with van der Waals surface area (Å²) in [5.41, 5.74) is 1.21. The van der Waals surface area contributed by atoms with Gasteiger partial charge in [0, 0.05) is 37.5 Å². The van der Waals surface area contributed by atoms with Gasteiger partial charge >= 0.3 is 0 Å². The lowest BCUT2D eigenvalue weighted by Gasteiger charge is -2.35. The van der Waals surface area contributed by atoms with Gasteiger partial charge in [0.25, 0.3) is 0 Å². The number of hydrogen-bond acceptors (Lipinski definition) is 5. The average Bonchev–Trinajstić information content (AvgIpc) is 3.17. The van der Waals surface area contributed by atoms with Gasteiger partial charge in [0.1, 0.15) is 17.0 Å². The van der Waals surface area contributed by atoms with Gasteiger partial charge in [-0.3, -0.25) is 4.79 Å². The molecular formula is C22H26N4OS. The van der Waals surface area contributed by atoms with Crippen LogP contribution in [0.15, 0.2) is 42.7 Å². The maximum atomic E-state index is 12.4. The molecule has 1 aliphatic rings. The van der Waals surface area contributed by atoms with E-state index >= 15 is 0 Å². The van der Waals surface area contributed by atoms with Crippen molar-refractivity contribution in [2.75, 3.05) is 31.1 Å². The number of carbonyl (C=O) groups excluding carboxylic acids is 1. The van der Waals surface area contributed by atoms with Crippen LogP contribution in [-0.4, -0.2) is 47.0 Å². The molecule has 1 fully saturated rings. The highest BCUT2D eigenvalue weighted by atomic mass is 32.1. The lowest BCUT2D eigenvalue weighted by atomic mass is 10.1. The highest BCUT2D eigenvalue weighted by molar-refractivity contribution is 7.21. The molecule has 2 aromatic heterocycles. The van der Waals surface area contributed by atoms with Crippen LogP contribution in [0.25, 0.3) is 20.7 Å². The molecule has 3 heterocycles. The number of hydrogen-bond donors (Lipinski definition) is 0. The summed E-state index contributed by atoms with van der Waals surface area (Å²) in [5, 5.41) is 1.10. The third kappa shape index (κ3) is 4.02. The molecule has 0 unspecified atom stereocenters. The topological polar surface area (TPSA) is 49.3 Å². The Balaban J connectivity index is 1.49. The van der Waals surface area contributed by atoms with E-state index in [1.165, 1.54) is 10.4 Å². The highest BCUT2D eigenvalue weighted by Crippen LogP contribution is 2.36. The number of thiophene rings is 1. The van der Waals surface area contributed by atoms with Crippen molar-refractivity contribution in [3.8, 4) is 10.4 Å². The highest BCUT2D eigenvalue weighted by Gasteiger charge is 2.23. The Labute approximate surface area is 170 Å². The number of rotatable bonds is 5. The maximum Gasteiger partial charge on any atom is 0.222 e. The SMILES string of the molecule is CC(C)CCC(=O)N1CCN(c2ncnc3sc(-c4ccccc4)cc23)CC1. The molecular weight excluding hydrogens is 368 g/mol. The predicted octanol–water partition coefficient (Wildman–Crippen LogP) is 4.44. The molecule has 0 radical (unpaired) electrons. The maximum absolute atomic E-state index is 12.4. The minimum atomic E-state index is 0.281. The zero-order chi connectivity index (χ0) is 19.5. The molecule has 0 spiro atoms. The normalized spacial score (nSPS) is 14.8. The minimum absolute atomic E-state index is 0.281. The summed E-state index contributed by atoms with van der Waals surface area (Å²) in [5.74, 6) is 1.83. The van der Waals surface area contributed by atoms with Gasteiger partial charge in [-0.15, -0.1) is 11.3 Å². The Kier molecular flexibility index (Phi) is 5.57. The van der Waals surface area contributed by atoms with E-state index in [0.717, 1.165) is 48.6 Å². The molecule has 1 amide bonds. The molecule has 0 saturated carbocycles. The van der Waals surface area contributed by atoms with Crippen LogP contribution in [0.3, 0.4) is 0 Å². The first-order valence-corrected chi connectivity index (χ1v) is 10.8. The third-order valence-electron chi connectivity index (χ3n) is 5.23. The monoisotopic (exact) mass is 394 g/mol. The molecule has 146 valence electrons. The first-order valence-electron chi connectivity index (χ1n) is 9.94. The Bertz CT molecular complexity index is 946. The lowest BCUT2D eigenvalue weighted by molar-refractivity contribution is -0.131. The molecule has 1 aromatic carbocycles. The molecule has 0 bridgehead atoms. The Morgan fingerprint density at radius 1 is 1.11 bits per heavy atom. The van der Waals surface area contributed by atoms with Crippen LogP contribution in [0.1, 0.15) is 26.7 Å². The summed E-state index contributed by atoms with van der Waals surface area (Å²) in [6.07, 6.45) is 3.27. The van der Waals surface area contributed by atoms with Crippen molar-refractivity contribution >= 4 is 33.3 Å². The van der Waals surface area contributed by atoms with E-state index in [4.69, 9.17) is 0 Å². The van der Waals surface area contributed by atoms with Gasteiger partial charge in [-0.1, -0.05) is 44.2 Å². The molecule has 0 N–H and O–H groups in total. The number of fused-ring (bicyclic) bond motifs is 1. The van der Waals surface area contributed by atoms with Crippen LogP contribution in [0.5, 0.6) is 0 Å². The van der Waals surface area contributed by atoms with Crippen LogP contribution < -0.4 is 4.90 Å². The van der Waals surface area contributed by atoms with Crippen LogP contribution in [0.2, 0.25) is 0 Å². The fourth-order valence-electron chi connectivity index (χ4n) is 3.58. The Hall–Kier alpha value is -2.47. The van der Waals surface area contributed by atoms with Crippen molar-refractivity contribution in [2.24, 2.45) is 5.92 Å². The zero-order valence-corrected chi connectivity index (χ0v) is 17.3. The van der Waals surface area contributed by atoms with E-state index in [0.29, 0.717) is 12.3 Å². The Morgan fingerprint density at radius 3 is 2.57 bits per heavy atom. The second-order valence-corrected chi connectivity index (χ2v) is 8.72. The van der Waals surface area contributed by atoms with Crippen LogP contribution in [0, 0.1) is 5.92 Å².